The molecule has 0 spiro atoms. The van der Waals surface area contributed by atoms with Gasteiger partial charge in [-0.1, -0.05) is 6.07 Å². The molecule has 0 bridgehead atoms. The van der Waals surface area contributed by atoms with Crippen LogP contribution in [0.4, 0.5) is 0 Å². The summed E-state index contributed by atoms with van der Waals surface area (Å²) in [6.45, 7) is 0.131. The summed E-state index contributed by atoms with van der Waals surface area (Å²) in [4.78, 5) is 24.6. The van der Waals surface area contributed by atoms with Gasteiger partial charge in [0, 0.05) is 17.7 Å². The Balaban J connectivity index is 1.68. The van der Waals surface area contributed by atoms with Gasteiger partial charge in [0.1, 0.15) is 11.5 Å². The topological polar surface area (TPSA) is 82.1 Å². The second-order valence-electron chi connectivity index (χ2n) is 5.02. The highest BCUT2D eigenvalue weighted by molar-refractivity contribution is 6.24. The molecule has 0 saturated carbocycles. The van der Waals surface area contributed by atoms with Crippen LogP contribution < -0.4 is 14.2 Å². The van der Waals surface area contributed by atoms with E-state index in [0.717, 1.165) is 6.08 Å². The number of rotatable bonds is 2. The third-order valence-electron chi connectivity index (χ3n) is 3.59. The normalized spacial score (nSPS) is 15.2. The number of phenols is 1. The number of Topliss-reactive ketones (excluding diaryl/α,β-unsaturated/α-hetero) is 1. The highest BCUT2D eigenvalue weighted by Crippen LogP contribution is 2.36. The maximum Gasteiger partial charge on any atom is 0.231 e. The van der Waals surface area contributed by atoms with Crippen LogP contribution in [0.5, 0.6) is 23.0 Å². The Labute approximate surface area is 130 Å². The lowest BCUT2D eigenvalue weighted by Gasteiger charge is -2.16. The van der Waals surface area contributed by atoms with Crippen molar-refractivity contribution < 1.29 is 28.9 Å². The summed E-state index contributed by atoms with van der Waals surface area (Å²) >= 11 is 0. The first kappa shape index (κ1) is 13.4. The van der Waals surface area contributed by atoms with Gasteiger partial charge in [-0.05, 0) is 24.3 Å². The third kappa shape index (κ3) is 2.12. The van der Waals surface area contributed by atoms with Crippen LogP contribution >= 0.6 is 0 Å². The van der Waals surface area contributed by atoms with Gasteiger partial charge in [-0.25, -0.2) is 0 Å². The van der Waals surface area contributed by atoms with Gasteiger partial charge in [0.25, 0.3) is 0 Å². The maximum absolute atomic E-state index is 12.4. The second kappa shape index (κ2) is 4.88. The van der Waals surface area contributed by atoms with E-state index in [4.69, 9.17) is 14.2 Å². The largest absolute Gasteiger partial charge is 0.507 e. The maximum atomic E-state index is 12.4. The van der Waals surface area contributed by atoms with Gasteiger partial charge in [-0.3, -0.25) is 9.59 Å². The average Bonchev–Trinajstić information content (AvgIpc) is 2.99. The molecule has 1 aliphatic carbocycles. The molecule has 0 saturated heterocycles. The van der Waals surface area contributed by atoms with Crippen molar-refractivity contribution in [3.05, 3.63) is 59.4 Å². The fraction of sp³-hybridized carbons (Fsp3) is 0.0588. The molecular weight excluding hydrogens is 300 g/mol. The van der Waals surface area contributed by atoms with E-state index in [1.807, 2.05) is 0 Å². The van der Waals surface area contributed by atoms with Crippen molar-refractivity contribution in [3.8, 4) is 23.0 Å². The van der Waals surface area contributed by atoms with Crippen LogP contribution in [-0.2, 0) is 0 Å². The zero-order valence-corrected chi connectivity index (χ0v) is 11.7. The van der Waals surface area contributed by atoms with E-state index in [1.165, 1.54) is 18.2 Å². The lowest BCUT2D eigenvalue weighted by Crippen LogP contribution is -2.20. The first-order valence-corrected chi connectivity index (χ1v) is 6.84. The van der Waals surface area contributed by atoms with Crippen molar-refractivity contribution in [1.82, 2.24) is 0 Å². The number of aromatic hydroxyl groups is 1. The minimum atomic E-state index is -0.478. The number of phenolic OH excluding ortho intramolecular Hbond substituents is 1. The number of ketones is 2. The fourth-order valence-corrected chi connectivity index (χ4v) is 2.52. The van der Waals surface area contributed by atoms with Crippen LogP contribution in [0.3, 0.4) is 0 Å². The lowest BCUT2D eigenvalue weighted by molar-refractivity contribution is 0.0945. The fourth-order valence-electron chi connectivity index (χ4n) is 2.52. The Morgan fingerprint density at radius 3 is 2.74 bits per heavy atom. The van der Waals surface area contributed by atoms with E-state index in [0.29, 0.717) is 17.2 Å². The van der Waals surface area contributed by atoms with E-state index in [2.05, 4.69) is 0 Å². The molecule has 0 unspecified atom stereocenters. The van der Waals surface area contributed by atoms with E-state index in [-0.39, 0.29) is 29.4 Å². The summed E-state index contributed by atoms with van der Waals surface area (Å²) in [6, 6.07) is 9.20. The average molecular weight is 310 g/mol. The van der Waals surface area contributed by atoms with Crippen LogP contribution in [-0.4, -0.2) is 23.5 Å². The molecule has 6 heteroatoms. The number of allylic oxidation sites excluding steroid dienone is 2. The number of fused-ring (bicyclic) bond motifs is 2. The Hall–Kier alpha value is -3.28. The summed E-state index contributed by atoms with van der Waals surface area (Å²) in [6.07, 6.45) is 1.08. The SMILES string of the molecule is O=C1C(Oc2ccc3c(c2)OCO3)=CC(=O)c2c(O)cccc21. The molecule has 0 amide bonds. The molecule has 1 aliphatic heterocycles. The summed E-state index contributed by atoms with van der Waals surface area (Å²) in [7, 11) is 0. The summed E-state index contributed by atoms with van der Waals surface area (Å²) in [5.41, 5.74) is 0.115. The number of hydrogen-bond acceptors (Lipinski definition) is 6. The predicted octanol–water partition coefficient (Wildman–Crippen LogP) is 2.46. The second-order valence-corrected chi connectivity index (χ2v) is 5.02. The smallest absolute Gasteiger partial charge is 0.231 e. The Morgan fingerprint density at radius 1 is 1.04 bits per heavy atom. The van der Waals surface area contributed by atoms with E-state index in [1.54, 1.807) is 18.2 Å². The van der Waals surface area contributed by atoms with Crippen molar-refractivity contribution in [2.75, 3.05) is 6.79 Å². The molecular formula is C17H10O6. The predicted molar refractivity (Wildman–Crippen MR) is 78.0 cm³/mol. The Morgan fingerprint density at radius 2 is 1.87 bits per heavy atom. The number of hydrogen-bond donors (Lipinski definition) is 1. The molecule has 6 nitrogen and oxygen atoms in total. The first-order valence-electron chi connectivity index (χ1n) is 6.84. The molecule has 114 valence electrons. The molecule has 2 aromatic rings. The van der Waals surface area contributed by atoms with Gasteiger partial charge in [0.2, 0.25) is 12.6 Å². The highest BCUT2D eigenvalue weighted by Gasteiger charge is 2.29. The van der Waals surface area contributed by atoms with Gasteiger partial charge < -0.3 is 19.3 Å². The van der Waals surface area contributed by atoms with Crippen molar-refractivity contribution >= 4 is 11.6 Å². The first-order chi connectivity index (χ1) is 11.1. The molecule has 4 rings (SSSR count). The van der Waals surface area contributed by atoms with Gasteiger partial charge in [-0.15, -0.1) is 0 Å². The molecule has 0 radical (unpaired) electrons. The number of carbonyl (C=O) groups is 2. The van der Waals surface area contributed by atoms with Gasteiger partial charge in [0.15, 0.2) is 23.0 Å². The molecule has 2 aromatic carbocycles. The van der Waals surface area contributed by atoms with Crippen molar-refractivity contribution in [3.63, 3.8) is 0 Å². The molecule has 0 aromatic heterocycles. The minimum absolute atomic E-state index is 0.00413. The number of carbonyl (C=O) groups excluding carboxylic acids is 2. The van der Waals surface area contributed by atoms with Crippen molar-refractivity contribution in [1.29, 1.82) is 0 Å². The molecule has 0 atom stereocenters. The Kier molecular flexibility index (Phi) is 2.84. The van der Waals surface area contributed by atoms with Crippen LogP contribution in [0, 0.1) is 0 Å². The third-order valence-corrected chi connectivity index (χ3v) is 3.59. The standard InChI is InChI=1S/C17H10O6/c18-11-3-1-2-10-16(11)12(19)7-15(17(10)20)23-9-4-5-13-14(6-9)22-8-21-13/h1-7,18H,8H2. The quantitative estimate of drug-likeness (QED) is 0.917. The molecule has 0 fully saturated rings. The van der Waals surface area contributed by atoms with Crippen LogP contribution in [0.25, 0.3) is 0 Å². The Bertz CT molecular complexity index is 881. The van der Waals surface area contributed by atoms with E-state index >= 15 is 0 Å². The van der Waals surface area contributed by atoms with Crippen LogP contribution in [0.15, 0.2) is 48.2 Å². The number of ether oxygens (including phenoxy) is 3. The van der Waals surface area contributed by atoms with Crippen LogP contribution in [0.1, 0.15) is 20.7 Å². The summed E-state index contributed by atoms with van der Waals surface area (Å²) in [5.74, 6) is 0.182. The monoisotopic (exact) mass is 310 g/mol. The van der Waals surface area contributed by atoms with Gasteiger partial charge in [0.05, 0.1) is 5.56 Å². The van der Waals surface area contributed by atoms with E-state index in [9.17, 15) is 14.7 Å². The highest BCUT2D eigenvalue weighted by atomic mass is 16.7. The molecule has 1 N–H and O–H groups in total. The molecule has 2 aliphatic rings. The summed E-state index contributed by atoms with van der Waals surface area (Å²) < 4.78 is 16.0. The zero-order chi connectivity index (χ0) is 16.0. The van der Waals surface area contributed by atoms with Crippen molar-refractivity contribution in [2.45, 2.75) is 0 Å². The number of benzene rings is 2. The van der Waals surface area contributed by atoms with E-state index < -0.39 is 11.6 Å². The zero-order valence-electron chi connectivity index (χ0n) is 11.7. The van der Waals surface area contributed by atoms with Gasteiger partial charge >= 0.3 is 0 Å². The van der Waals surface area contributed by atoms with Crippen molar-refractivity contribution in [2.24, 2.45) is 0 Å². The lowest BCUT2D eigenvalue weighted by atomic mass is 9.93. The molecule has 1 heterocycles. The summed E-state index contributed by atoms with van der Waals surface area (Å²) in [5, 5.41) is 9.75. The minimum Gasteiger partial charge on any atom is -0.507 e. The molecule has 23 heavy (non-hydrogen) atoms. The van der Waals surface area contributed by atoms with Crippen LogP contribution in [0.2, 0.25) is 0 Å². The van der Waals surface area contributed by atoms with Gasteiger partial charge in [-0.2, -0.15) is 0 Å².